The van der Waals surface area contributed by atoms with Crippen LogP contribution in [-0.4, -0.2) is 87.0 Å². The van der Waals surface area contributed by atoms with Crippen molar-refractivity contribution in [3.05, 3.63) is 53.6 Å². The molecule has 0 saturated carbocycles. The number of nitrogens with zero attached hydrogens (tertiary/aromatic N) is 4. The first-order valence-corrected chi connectivity index (χ1v) is 12.9. The molecule has 1 aliphatic heterocycles. The average molecular weight is 512 g/mol. The lowest BCUT2D eigenvalue weighted by atomic mass is 10.1. The molecule has 1 aromatic heterocycles. The van der Waals surface area contributed by atoms with Crippen molar-refractivity contribution in [2.24, 2.45) is 0 Å². The maximum atomic E-state index is 12.5. The van der Waals surface area contributed by atoms with Crippen molar-refractivity contribution < 1.29 is 14.3 Å². The molecule has 0 unspecified atom stereocenters. The van der Waals surface area contributed by atoms with Gasteiger partial charge in [0, 0.05) is 63.7 Å². The van der Waals surface area contributed by atoms with Crippen LogP contribution in [0, 0.1) is 0 Å². The largest absolute Gasteiger partial charge is 0.383 e. The van der Waals surface area contributed by atoms with Gasteiger partial charge in [-0.2, -0.15) is 0 Å². The van der Waals surface area contributed by atoms with E-state index in [-0.39, 0.29) is 5.91 Å². The number of carbonyl (C=O) groups is 1. The molecule has 192 valence electrons. The zero-order chi connectivity index (χ0) is 25.2. The van der Waals surface area contributed by atoms with Crippen molar-refractivity contribution in [1.29, 1.82) is 0 Å². The molecule has 1 aliphatic rings. The number of hydrogen-bond donors (Lipinski definition) is 1. The minimum atomic E-state index is -0.00471. The molecule has 2 heterocycles. The molecule has 1 saturated heterocycles. The molecule has 9 heteroatoms. The van der Waals surface area contributed by atoms with E-state index in [4.69, 9.17) is 31.0 Å². The van der Waals surface area contributed by atoms with E-state index in [1.807, 2.05) is 48.5 Å². The van der Waals surface area contributed by atoms with Gasteiger partial charge in [0.1, 0.15) is 5.82 Å². The topological polar surface area (TPSA) is 79.8 Å². The van der Waals surface area contributed by atoms with Gasteiger partial charge in [0.15, 0.2) is 5.82 Å². The fourth-order valence-corrected chi connectivity index (χ4v) is 4.54. The van der Waals surface area contributed by atoms with Crippen molar-refractivity contribution in [2.75, 3.05) is 71.1 Å². The SMILES string of the molecule is COCCNC(=O)CCN(CCCN1CCOCC1)c1nc(-c2ccccc2Cl)nc2ccccc12. The van der Waals surface area contributed by atoms with Crippen LogP contribution in [0.25, 0.3) is 22.3 Å². The summed E-state index contributed by atoms with van der Waals surface area (Å²) in [7, 11) is 1.62. The van der Waals surface area contributed by atoms with E-state index in [0.29, 0.717) is 37.0 Å². The van der Waals surface area contributed by atoms with Gasteiger partial charge in [-0.05, 0) is 30.7 Å². The summed E-state index contributed by atoms with van der Waals surface area (Å²) in [6.45, 7) is 6.75. The van der Waals surface area contributed by atoms with Gasteiger partial charge >= 0.3 is 0 Å². The van der Waals surface area contributed by atoms with Crippen molar-refractivity contribution >= 4 is 34.2 Å². The minimum absolute atomic E-state index is 0.00471. The molecular formula is C27H34ClN5O3. The predicted octanol–water partition coefficient (Wildman–Crippen LogP) is 3.63. The average Bonchev–Trinajstić information content (AvgIpc) is 2.91. The van der Waals surface area contributed by atoms with Gasteiger partial charge < -0.3 is 19.7 Å². The Labute approximate surface area is 217 Å². The Hall–Kier alpha value is -2.78. The summed E-state index contributed by atoms with van der Waals surface area (Å²) in [6, 6.07) is 15.6. The number of anilines is 1. The molecule has 1 amide bonds. The summed E-state index contributed by atoms with van der Waals surface area (Å²) in [5.41, 5.74) is 1.64. The zero-order valence-electron chi connectivity index (χ0n) is 20.8. The van der Waals surface area contributed by atoms with Crippen molar-refractivity contribution in [3.63, 3.8) is 0 Å². The first kappa shape index (κ1) is 26.3. The molecule has 0 aliphatic carbocycles. The van der Waals surface area contributed by atoms with Crippen molar-refractivity contribution in [1.82, 2.24) is 20.2 Å². The molecule has 0 bridgehead atoms. The maximum Gasteiger partial charge on any atom is 0.221 e. The fourth-order valence-electron chi connectivity index (χ4n) is 4.31. The third-order valence-electron chi connectivity index (χ3n) is 6.24. The molecule has 2 aromatic carbocycles. The Bertz CT molecular complexity index is 1140. The summed E-state index contributed by atoms with van der Waals surface area (Å²) in [5.74, 6) is 1.40. The second-order valence-electron chi connectivity index (χ2n) is 8.76. The highest BCUT2D eigenvalue weighted by Gasteiger charge is 2.18. The lowest BCUT2D eigenvalue weighted by molar-refractivity contribution is -0.121. The monoisotopic (exact) mass is 511 g/mol. The number of fused-ring (bicyclic) bond motifs is 1. The highest BCUT2D eigenvalue weighted by molar-refractivity contribution is 6.33. The van der Waals surface area contributed by atoms with E-state index in [1.54, 1.807) is 7.11 Å². The normalized spacial score (nSPS) is 14.2. The number of hydrogen-bond acceptors (Lipinski definition) is 7. The number of nitrogens with one attached hydrogen (secondary N) is 1. The number of rotatable bonds is 12. The summed E-state index contributed by atoms with van der Waals surface area (Å²) in [6.07, 6.45) is 1.31. The first-order chi connectivity index (χ1) is 17.7. The molecule has 0 atom stereocenters. The Morgan fingerprint density at radius 2 is 1.89 bits per heavy atom. The van der Waals surface area contributed by atoms with Crippen LogP contribution in [0.2, 0.25) is 5.02 Å². The number of methoxy groups -OCH3 is 1. The van der Waals surface area contributed by atoms with E-state index in [0.717, 1.165) is 68.1 Å². The minimum Gasteiger partial charge on any atom is -0.383 e. The number of para-hydroxylation sites is 1. The van der Waals surface area contributed by atoms with Crippen LogP contribution in [0.5, 0.6) is 0 Å². The predicted molar refractivity (Wildman–Crippen MR) is 144 cm³/mol. The number of aromatic nitrogens is 2. The van der Waals surface area contributed by atoms with E-state index in [2.05, 4.69) is 15.1 Å². The molecule has 1 N–H and O–H groups in total. The van der Waals surface area contributed by atoms with Crippen LogP contribution in [0.4, 0.5) is 5.82 Å². The number of morpholine rings is 1. The number of carbonyl (C=O) groups excluding carboxylic acids is 1. The zero-order valence-corrected chi connectivity index (χ0v) is 21.5. The number of halogens is 1. The van der Waals surface area contributed by atoms with Crippen LogP contribution in [0.1, 0.15) is 12.8 Å². The Kier molecular flexibility index (Phi) is 9.86. The highest BCUT2D eigenvalue weighted by atomic mass is 35.5. The summed E-state index contributed by atoms with van der Waals surface area (Å²) < 4.78 is 10.5. The summed E-state index contributed by atoms with van der Waals surface area (Å²) in [4.78, 5) is 26.9. The molecule has 0 radical (unpaired) electrons. The van der Waals surface area contributed by atoms with Gasteiger partial charge in [-0.1, -0.05) is 35.9 Å². The van der Waals surface area contributed by atoms with E-state index >= 15 is 0 Å². The van der Waals surface area contributed by atoms with Gasteiger partial charge in [0.2, 0.25) is 5.91 Å². The van der Waals surface area contributed by atoms with Crippen molar-refractivity contribution in [3.8, 4) is 11.4 Å². The van der Waals surface area contributed by atoms with Crippen LogP contribution in [0.15, 0.2) is 48.5 Å². The number of benzene rings is 2. The molecule has 4 rings (SSSR count). The standard InChI is InChI=1S/C27H34ClN5O3/c1-35-18-12-29-25(34)11-15-33(14-6-13-32-16-19-36-20-17-32)27-22-8-3-5-10-24(22)30-26(31-27)21-7-2-4-9-23(21)28/h2-5,7-10H,6,11-20H2,1H3,(H,29,34). The quantitative estimate of drug-likeness (QED) is 0.372. The molecule has 0 spiro atoms. The third-order valence-corrected chi connectivity index (χ3v) is 6.57. The highest BCUT2D eigenvalue weighted by Crippen LogP contribution is 2.31. The molecule has 3 aromatic rings. The molecule has 36 heavy (non-hydrogen) atoms. The number of amides is 1. The van der Waals surface area contributed by atoms with Crippen LogP contribution in [-0.2, 0) is 14.3 Å². The van der Waals surface area contributed by atoms with Gasteiger partial charge in [0.05, 0.1) is 30.4 Å². The molecular weight excluding hydrogens is 478 g/mol. The van der Waals surface area contributed by atoms with Gasteiger partial charge in [-0.25, -0.2) is 9.97 Å². The maximum absolute atomic E-state index is 12.5. The Morgan fingerprint density at radius 3 is 2.69 bits per heavy atom. The van der Waals surface area contributed by atoms with E-state index in [9.17, 15) is 4.79 Å². The second kappa shape index (κ2) is 13.5. The van der Waals surface area contributed by atoms with Gasteiger partial charge in [-0.3, -0.25) is 9.69 Å². The van der Waals surface area contributed by atoms with Crippen LogP contribution >= 0.6 is 11.6 Å². The van der Waals surface area contributed by atoms with Crippen LogP contribution < -0.4 is 10.2 Å². The summed E-state index contributed by atoms with van der Waals surface area (Å²) in [5, 5.41) is 4.48. The first-order valence-electron chi connectivity index (χ1n) is 12.5. The van der Waals surface area contributed by atoms with Crippen LogP contribution in [0.3, 0.4) is 0 Å². The van der Waals surface area contributed by atoms with Gasteiger partial charge in [0.25, 0.3) is 0 Å². The lowest BCUT2D eigenvalue weighted by Gasteiger charge is -2.29. The smallest absolute Gasteiger partial charge is 0.221 e. The molecule has 8 nitrogen and oxygen atoms in total. The second-order valence-corrected chi connectivity index (χ2v) is 9.16. The lowest BCUT2D eigenvalue weighted by Crippen LogP contribution is -2.39. The number of ether oxygens (including phenoxy) is 2. The fraction of sp³-hybridized carbons (Fsp3) is 0.444. The molecule has 1 fully saturated rings. The van der Waals surface area contributed by atoms with E-state index < -0.39 is 0 Å². The third kappa shape index (κ3) is 7.13. The van der Waals surface area contributed by atoms with Crippen molar-refractivity contribution in [2.45, 2.75) is 12.8 Å². The van der Waals surface area contributed by atoms with E-state index in [1.165, 1.54) is 0 Å². The summed E-state index contributed by atoms with van der Waals surface area (Å²) >= 11 is 6.50. The van der Waals surface area contributed by atoms with Gasteiger partial charge in [-0.15, -0.1) is 0 Å². The Balaban J connectivity index is 1.60. The Morgan fingerprint density at radius 1 is 1.11 bits per heavy atom.